The molecule has 0 radical (unpaired) electrons. The number of ether oxygens (including phenoxy) is 2. The van der Waals surface area contributed by atoms with E-state index < -0.39 is 23.8 Å². The molecule has 2 aromatic heterocycles. The first-order chi connectivity index (χ1) is 13.3. The summed E-state index contributed by atoms with van der Waals surface area (Å²) in [6.07, 6.45) is -2.58. The van der Waals surface area contributed by atoms with Gasteiger partial charge in [-0.25, -0.2) is 9.67 Å². The molecular weight excluding hydrogens is 377 g/mol. The minimum absolute atomic E-state index is 0.109. The van der Waals surface area contributed by atoms with Crippen LogP contribution in [0.1, 0.15) is 41.6 Å². The average Bonchev–Trinajstić information content (AvgIpc) is 3.10. The Balaban J connectivity index is 1.45. The fourth-order valence-electron chi connectivity index (χ4n) is 3.31. The van der Waals surface area contributed by atoms with Crippen LogP contribution in [-0.4, -0.2) is 39.4 Å². The van der Waals surface area contributed by atoms with E-state index in [9.17, 15) is 18.0 Å². The molecule has 7 nitrogen and oxygen atoms in total. The fourth-order valence-corrected chi connectivity index (χ4v) is 3.31. The van der Waals surface area contributed by atoms with Crippen LogP contribution in [0.15, 0.2) is 18.2 Å². The smallest absolute Gasteiger partial charge is 0.433 e. The van der Waals surface area contributed by atoms with Gasteiger partial charge in [0.2, 0.25) is 5.88 Å². The monoisotopic (exact) mass is 396 g/mol. The summed E-state index contributed by atoms with van der Waals surface area (Å²) >= 11 is 0. The maximum Gasteiger partial charge on any atom is 0.433 e. The third-order valence-electron chi connectivity index (χ3n) is 4.82. The highest BCUT2D eigenvalue weighted by Gasteiger charge is 2.34. The van der Waals surface area contributed by atoms with Gasteiger partial charge in [-0.15, -0.1) is 0 Å². The lowest BCUT2D eigenvalue weighted by molar-refractivity contribution is -0.141. The molecule has 150 valence electrons. The molecule has 0 spiro atoms. The number of halogens is 3. The number of fused-ring (bicyclic) bond motifs is 2. The van der Waals surface area contributed by atoms with Crippen LogP contribution in [0.3, 0.4) is 0 Å². The van der Waals surface area contributed by atoms with Crippen molar-refractivity contribution in [3.05, 3.63) is 35.3 Å². The van der Waals surface area contributed by atoms with Gasteiger partial charge in [-0.05, 0) is 18.6 Å². The largest absolute Gasteiger partial charge is 0.490 e. The Morgan fingerprint density at radius 2 is 2.21 bits per heavy atom. The van der Waals surface area contributed by atoms with Crippen molar-refractivity contribution >= 4 is 5.91 Å². The first-order valence-corrected chi connectivity index (χ1v) is 9.08. The van der Waals surface area contributed by atoms with E-state index in [1.54, 1.807) is 10.7 Å². The van der Waals surface area contributed by atoms with Gasteiger partial charge >= 0.3 is 6.18 Å². The molecule has 0 saturated carbocycles. The van der Waals surface area contributed by atoms with Gasteiger partial charge in [-0.1, -0.05) is 6.92 Å². The molecule has 0 aliphatic carbocycles. The number of alkyl halides is 3. The number of pyridine rings is 1. The number of hydrogen-bond acceptors (Lipinski definition) is 5. The number of carbonyl (C=O) groups is 1. The molecule has 1 unspecified atom stereocenters. The average molecular weight is 396 g/mol. The van der Waals surface area contributed by atoms with Gasteiger partial charge in [-0.2, -0.15) is 18.3 Å². The quantitative estimate of drug-likeness (QED) is 0.863. The molecule has 0 aromatic carbocycles. The molecule has 0 fully saturated rings. The van der Waals surface area contributed by atoms with Crippen molar-refractivity contribution in [3.8, 4) is 11.6 Å². The number of hydrogen-bond donors (Lipinski definition) is 1. The van der Waals surface area contributed by atoms with E-state index in [0.29, 0.717) is 18.2 Å². The van der Waals surface area contributed by atoms with Crippen molar-refractivity contribution < 1.29 is 27.4 Å². The summed E-state index contributed by atoms with van der Waals surface area (Å²) in [6.45, 7) is 2.85. The highest BCUT2D eigenvalue weighted by atomic mass is 19.4. The summed E-state index contributed by atoms with van der Waals surface area (Å²) in [5.74, 6) is 0.419. The number of aryl methyl sites for hydroxylation is 1. The minimum atomic E-state index is -4.53. The molecule has 10 heteroatoms. The Bertz CT molecular complexity index is 897. The Hall–Kier alpha value is -2.78. The van der Waals surface area contributed by atoms with Crippen molar-refractivity contribution in [2.75, 3.05) is 6.61 Å². The molecule has 4 heterocycles. The Labute approximate surface area is 158 Å². The number of carbonyl (C=O) groups excluding carboxylic acids is 1. The van der Waals surface area contributed by atoms with Crippen molar-refractivity contribution in [2.45, 2.75) is 51.1 Å². The summed E-state index contributed by atoms with van der Waals surface area (Å²) in [5.41, 5.74) is -0.606. The fraction of sp³-hybridized carbons (Fsp3) is 0.500. The molecule has 1 amide bonds. The van der Waals surface area contributed by atoms with Crippen molar-refractivity contribution in [1.82, 2.24) is 20.1 Å². The second kappa shape index (κ2) is 6.99. The summed E-state index contributed by atoms with van der Waals surface area (Å²) < 4.78 is 51.4. The molecule has 2 atom stereocenters. The van der Waals surface area contributed by atoms with Crippen LogP contribution in [0.5, 0.6) is 11.6 Å². The molecule has 2 aliphatic rings. The van der Waals surface area contributed by atoms with E-state index in [0.717, 1.165) is 18.9 Å². The van der Waals surface area contributed by atoms with E-state index in [2.05, 4.69) is 15.4 Å². The maximum atomic E-state index is 12.9. The molecule has 4 rings (SSSR count). The second-order valence-corrected chi connectivity index (χ2v) is 6.85. The van der Waals surface area contributed by atoms with E-state index in [-0.39, 0.29) is 30.5 Å². The molecule has 2 aromatic rings. The van der Waals surface area contributed by atoms with Gasteiger partial charge in [0.25, 0.3) is 5.91 Å². The van der Waals surface area contributed by atoms with E-state index in [1.165, 1.54) is 6.07 Å². The first kappa shape index (κ1) is 18.6. The maximum absolute atomic E-state index is 12.9. The van der Waals surface area contributed by atoms with Crippen molar-refractivity contribution in [3.63, 3.8) is 0 Å². The summed E-state index contributed by atoms with van der Waals surface area (Å²) in [4.78, 5) is 16.2. The molecule has 0 bridgehead atoms. The molecule has 28 heavy (non-hydrogen) atoms. The van der Waals surface area contributed by atoms with Gasteiger partial charge in [-0.3, -0.25) is 4.79 Å². The zero-order chi connectivity index (χ0) is 19.9. The van der Waals surface area contributed by atoms with Crippen molar-refractivity contribution in [2.24, 2.45) is 0 Å². The van der Waals surface area contributed by atoms with Gasteiger partial charge in [0.1, 0.15) is 24.2 Å². The Kier molecular flexibility index (Phi) is 4.64. The third-order valence-corrected chi connectivity index (χ3v) is 4.82. The van der Waals surface area contributed by atoms with Gasteiger partial charge < -0.3 is 14.8 Å². The van der Waals surface area contributed by atoms with E-state index in [4.69, 9.17) is 9.47 Å². The van der Waals surface area contributed by atoms with Crippen LogP contribution in [0, 0.1) is 0 Å². The normalized spacial score (nSPS) is 21.1. The topological polar surface area (TPSA) is 78.3 Å². The third kappa shape index (κ3) is 3.63. The van der Waals surface area contributed by atoms with Gasteiger partial charge in [0, 0.05) is 25.5 Å². The lowest BCUT2D eigenvalue weighted by atomic mass is 10.1. The Morgan fingerprint density at radius 3 is 2.96 bits per heavy atom. The molecule has 2 aliphatic heterocycles. The Morgan fingerprint density at radius 1 is 1.39 bits per heavy atom. The number of nitrogens with one attached hydrogen (secondary N) is 1. The van der Waals surface area contributed by atoms with Crippen LogP contribution in [0.25, 0.3) is 0 Å². The number of amides is 1. The summed E-state index contributed by atoms with van der Waals surface area (Å²) in [5, 5.41) is 7.00. The number of aromatic nitrogens is 3. The van der Waals surface area contributed by atoms with Crippen molar-refractivity contribution in [1.29, 1.82) is 0 Å². The highest BCUT2D eigenvalue weighted by molar-refractivity contribution is 5.92. The SMILES string of the molecule is CCC1CCn2nc(C(=O)N[C@H]3COc4ccc(C(F)(F)F)nc4C3)cc2O1. The summed E-state index contributed by atoms with van der Waals surface area (Å²) in [7, 11) is 0. The first-order valence-electron chi connectivity index (χ1n) is 9.08. The second-order valence-electron chi connectivity index (χ2n) is 6.85. The molecule has 0 saturated heterocycles. The van der Waals surface area contributed by atoms with Crippen LogP contribution in [0.2, 0.25) is 0 Å². The summed E-state index contributed by atoms with van der Waals surface area (Å²) in [6, 6.07) is 3.22. The van der Waals surface area contributed by atoms with E-state index in [1.807, 2.05) is 6.92 Å². The van der Waals surface area contributed by atoms with Gasteiger partial charge in [0.05, 0.1) is 11.7 Å². The lowest BCUT2D eigenvalue weighted by Crippen LogP contribution is -2.43. The standard InChI is InChI=1S/C18H19F3N4O3/c1-2-11-5-6-25-16(28-11)8-13(24-25)17(26)22-10-7-12-14(27-9-10)3-4-15(23-12)18(19,20)21/h3-4,8,10-11H,2,5-7,9H2,1H3,(H,22,26)/t10-,11?/m1/s1. The van der Waals surface area contributed by atoms with Crippen LogP contribution >= 0.6 is 0 Å². The number of rotatable bonds is 3. The zero-order valence-electron chi connectivity index (χ0n) is 15.1. The lowest BCUT2D eigenvalue weighted by Gasteiger charge is -2.25. The van der Waals surface area contributed by atoms with E-state index >= 15 is 0 Å². The molecule has 1 N–H and O–H groups in total. The van der Waals surface area contributed by atoms with Crippen LogP contribution in [-0.2, 0) is 19.1 Å². The molecular formula is C18H19F3N4O3. The van der Waals surface area contributed by atoms with Crippen LogP contribution < -0.4 is 14.8 Å². The highest BCUT2D eigenvalue weighted by Crippen LogP contribution is 2.32. The number of nitrogens with zero attached hydrogens (tertiary/aromatic N) is 3. The predicted molar refractivity (Wildman–Crippen MR) is 91.2 cm³/mol. The van der Waals surface area contributed by atoms with Gasteiger partial charge in [0.15, 0.2) is 5.69 Å². The zero-order valence-corrected chi connectivity index (χ0v) is 15.1. The minimum Gasteiger partial charge on any atom is -0.490 e. The predicted octanol–water partition coefficient (Wildman–Crippen LogP) is 2.59. The van der Waals surface area contributed by atoms with Crippen LogP contribution in [0.4, 0.5) is 13.2 Å².